The molecular formula is C57H38N2O. The first-order valence-electron chi connectivity index (χ1n) is 20.6. The lowest BCUT2D eigenvalue weighted by Gasteiger charge is -2.23. The first-order valence-corrected chi connectivity index (χ1v) is 20.6. The van der Waals surface area contributed by atoms with Gasteiger partial charge in [0, 0.05) is 32.9 Å². The Bertz CT molecular complexity index is 3520. The van der Waals surface area contributed by atoms with Crippen molar-refractivity contribution >= 4 is 43.5 Å². The molecule has 0 aliphatic heterocycles. The summed E-state index contributed by atoms with van der Waals surface area (Å²) in [5, 5.41) is 7.08. The van der Waals surface area contributed by atoms with Crippen LogP contribution in [0.4, 0.5) is 0 Å². The molecule has 2 aromatic heterocycles. The molecule has 282 valence electrons. The van der Waals surface area contributed by atoms with E-state index in [4.69, 9.17) is 14.4 Å². The van der Waals surface area contributed by atoms with Gasteiger partial charge >= 0.3 is 0 Å². The fourth-order valence-corrected chi connectivity index (χ4v) is 9.85. The fourth-order valence-electron chi connectivity index (χ4n) is 9.85. The van der Waals surface area contributed by atoms with E-state index in [0.717, 1.165) is 55.4 Å². The Kier molecular flexibility index (Phi) is 7.58. The van der Waals surface area contributed by atoms with E-state index in [1.54, 1.807) is 0 Å². The first-order chi connectivity index (χ1) is 29.5. The molecule has 0 unspecified atom stereocenters. The zero-order valence-corrected chi connectivity index (χ0v) is 33.3. The molecule has 11 aromatic rings. The maximum atomic E-state index is 6.31. The SMILES string of the molecule is CC1(C)c2cc(-c3cccc(-c4ccc(-c5cc(-c6cccc7oc8ccccc8c67)nc(-c6ccccc6)n5)c5ccccc45)c3)ccc2-c2ccc3ccccc3c21. The highest BCUT2D eigenvalue weighted by molar-refractivity contribution is 6.12. The van der Waals surface area contributed by atoms with Crippen LogP contribution in [-0.2, 0) is 5.41 Å². The van der Waals surface area contributed by atoms with Crippen LogP contribution in [0, 0.1) is 0 Å². The second-order valence-corrected chi connectivity index (χ2v) is 16.5. The van der Waals surface area contributed by atoms with Crippen molar-refractivity contribution in [3.8, 4) is 67.3 Å². The average Bonchev–Trinajstić information content (AvgIpc) is 3.80. The highest BCUT2D eigenvalue weighted by atomic mass is 16.3. The maximum Gasteiger partial charge on any atom is 0.160 e. The van der Waals surface area contributed by atoms with E-state index in [9.17, 15) is 0 Å². The molecule has 1 aliphatic carbocycles. The lowest BCUT2D eigenvalue weighted by molar-refractivity contribution is 0.666. The Balaban J connectivity index is 0.981. The van der Waals surface area contributed by atoms with Gasteiger partial charge in [-0.3, -0.25) is 0 Å². The Morgan fingerprint density at radius 2 is 0.983 bits per heavy atom. The molecule has 12 rings (SSSR count). The van der Waals surface area contributed by atoms with Gasteiger partial charge in [0.15, 0.2) is 5.82 Å². The van der Waals surface area contributed by atoms with Crippen LogP contribution in [0.2, 0.25) is 0 Å². The molecule has 0 saturated heterocycles. The average molecular weight is 767 g/mol. The first kappa shape index (κ1) is 34.4. The fraction of sp³-hybridized carbons (Fsp3) is 0.0526. The van der Waals surface area contributed by atoms with Gasteiger partial charge in [-0.05, 0) is 96.4 Å². The standard InChI is InChI=1S/C57H38N2O/c1-57(2)49-33-38(27-28-44(49)46-29-26-35-14-6-7-19-41(35)55(46)57)37-17-12-18-39(32-37)40-30-31-45(43-21-9-8-20-42(40)43)50-34-51(59-56(58-50)36-15-4-3-5-16-36)47-23-13-25-53-54(47)48-22-10-11-24-52(48)60-53/h3-34H,1-2H3. The van der Waals surface area contributed by atoms with E-state index in [-0.39, 0.29) is 5.41 Å². The van der Waals surface area contributed by atoms with Gasteiger partial charge in [0.25, 0.3) is 0 Å². The number of aromatic nitrogens is 2. The number of rotatable bonds is 5. The third-order valence-corrected chi connectivity index (χ3v) is 12.7. The van der Waals surface area contributed by atoms with Crippen molar-refractivity contribution in [3.63, 3.8) is 0 Å². The molecule has 0 amide bonds. The predicted octanol–water partition coefficient (Wildman–Crippen LogP) is 15.3. The summed E-state index contributed by atoms with van der Waals surface area (Å²) >= 11 is 0. The van der Waals surface area contributed by atoms with Gasteiger partial charge in [0.2, 0.25) is 0 Å². The second-order valence-electron chi connectivity index (χ2n) is 16.5. The highest BCUT2D eigenvalue weighted by Gasteiger charge is 2.37. The normalized spacial score (nSPS) is 13.0. The summed E-state index contributed by atoms with van der Waals surface area (Å²) in [5.74, 6) is 0.683. The van der Waals surface area contributed by atoms with Crippen molar-refractivity contribution in [2.45, 2.75) is 19.3 Å². The lowest BCUT2D eigenvalue weighted by atomic mass is 9.79. The molecule has 3 nitrogen and oxygen atoms in total. The van der Waals surface area contributed by atoms with Crippen molar-refractivity contribution in [1.82, 2.24) is 9.97 Å². The van der Waals surface area contributed by atoms with Crippen LogP contribution in [0.3, 0.4) is 0 Å². The quantitative estimate of drug-likeness (QED) is 0.175. The molecule has 0 radical (unpaired) electrons. The number of hydrogen-bond donors (Lipinski definition) is 0. The smallest absolute Gasteiger partial charge is 0.160 e. The van der Waals surface area contributed by atoms with Crippen LogP contribution in [0.15, 0.2) is 199 Å². The number of fused-ring (bicyclic) bond motifs is 9. The third-order valence-electron chi connectivity index (χ3n) is 12.7. The van der Waals surface area contributed by atoms with Gasteiger partial charge in [-0.15, -0.1) is 0 Å². The second kappa shape index (κ2) is 13.2. The van der Waals surface area contributed by atoms with Crippen LogP contribution in [0.5, 0.6) is 0 Å². The molecule has 2 heterocycles. The maximum absolute atomic E-state index is 6.31. The lowest BCUT2D eigenvalue weighted by Crippen LogP contribution is -2.15. The number of benzene rings is 9. The molecule has 0 saturated carbocycles. The Morgan fingerprint density at radius 3 is 1.83 bits per heavy atom. The summed E-state index contributed by atoms with van der Waals surface area (Å²) < 4.78 is 6.31. The molecule has 0 N–H and O–H groups in total. The topological polar surface area (TPSA) is 38.9 Å². The minimum absolute atomic E-state index is 0.120. The summed E-state index contributed by atoms with van der Waals surface area (Å²) in [4.78, 5) is 10.5. The highest BCUT2D eigenvalue weighted by Crippen LogP contribution is 2.52. The zero-order valence-electron chi connectivity index (χ0n) is 33.3. The van der Waals surface area contributed by atoms with Crippen molar-refractivity contribution in [2.24, 2.45) is 0 Å². The molecule has 3 heteroatoms. The molecule has 9 aromatic carbocycles. The minimum Gasteiger partial charge on any atom is -0.456 e. The van der Waals surface area contributed by atoms with E-state index < -0.39 is 0 Å². The molecule has 1 aliphatic rings. The Labute approximate surface area is 348 Å². The van der Waals surface area contributed by atoms with Gasteiger partial charge in [0.1, 0.15) is 11.2 Å². The van der Waals surface area contributed by atoms with Crippen molar-refractivity contribution in [3.05, 3.63) is 205 Å². The van der Waals surface area contributed by atoms with Gasteiger partial charge in [-0.25, -0.2) is 9.97 Å². The van der Waals surface area contributed by atoms with Crippen molar-refractivity contribution in [1.29, 1.82) is 0 Å². The Hall–Kier alpha value is -7.62. The molecule has 0 atom stereocenters. The zero-order chi connectivity index (χ0) is 40.0. The Morgan fingerprint density at radius 1 is 0.383 bits per heavy atom. The number of nitrogens with zero attached hydrogens (tertiary/aromatic N) is 2. The summed E-state index contributed by atoms with van der Waals surface area (Å²) in [7, 11) is 0. The number of hydrogen-bond acceptors (Lipinski definition) is 3. The van der Waals surface area contributed by atoms with Crippen molar-refractivity contribution in [2.75, 3.05) is 0 Å². The van der Waals surface area contributed by atoms with Gasteiger partial charge in [-0.1, -0.05) is 178 Å². The van der Waals surface area contributed by atoms with Crippen LogP contribution >= 0.6 is 0 Å². The molecular weight excluding hydrogens is 729 g/mol. The summed E-state index contributed by atoms with van der Waals surface area (Å²) in [6.07, 6.45) is 0. The van der Waals surface area contributed by atoms with Crippen molar-refractivity contribution < 1.29 is 4.42 Å². The van der Waals surface area contributed by atoms with E-state index in [0.29, 0.717) is 5.82 Å². The van der Waals surface area contributed by atoms with E-state index in [1.807, 2.05) is 42.5 Å². The van der Waals surface area contributed by atoms with E-state index >= 15 is 0 Å². The van der Waals surface area contributed by atoms with E-state index in [1.165, 1.54) is 60.7 Å². The van der Waals surface area contributed by atoms with Crippen LogP contribution in [0.1, 0.15) is 25.0 Å². The largest absolute Gasteiger partial charge is 0.456 e. The summed E-state index contributed by atoms with van der Waals surface area (Å²) in [5.41, 5.74) is 16.6. The van der Waals surface area contributed by atoms with E-state index in [2.05, 4.69) is 166 Å². The predicted molar refractivity (Wildman–Crippen MR) is 249 cm³/mol. The van der Waals surface area contributed by atoms with Gasteiger partial charge < -0.3 is 4.42 Å². The van der Waals surface area contributed by atoms with Crippen LogP contribution in [-0.4, -0.2) is 9.97 Å². The van der Waals surface area contributed by atoms with Gasteiger partial charge in [-0.2, -0.15) is 0 Å². The number of para-hydroxylation sites is 1. The molecule has 60 heavy (non-hydrogen) atoms. The summed E-state index contributed by atoms with van der Waals surface area (Å²) in [6, 6.07) is 69.5. The molecule has 0 spiro atoms. The van der Waals surface area contributed by atoms with Gasteiger partial charge in [0.05, 0.1) is 11.4 Å². The summed E-state index contributed by atoms with van der Waals surface area (Å²) in [6.45, 7) is 4.75. The third kappa shape index (κ3) is 5.29. The minimum atomic E-state index is -0.120. The molecule has 0 bridgehead atoms. The molecule has 0 fully saturated rings. The monoisotopic (exact) mass is 766 g/mol. The van der Waals surface area contributed by atoms with Crippen LogP contribution in [0.25, 0.3) is 111 Å². The number of furan rings is 1. The van der Waals surface area contributed by atoms with Crippen LogP contribution < -0.4 is 0 Å².